The van der Waals surface area contributed by atoms with Crippen molar-refractivity contribution < 1.29 is 5.11 Å². The second kappa shape index (κ2) is 17.3. The zero-order chi connectivity index (χ0) is 12.6. The van der Waals surface area contributed by atoms with Crippen LogP contribution in [-0.2, 0) is 0 Å². The average molecular weight is 232 g/mol. The molecule has 0 heterocycles. The third kappa shape index (κ3) is 19.5. The highest BCUT2D eigenvalue weighted by Crippen LogP contribution is 2.04. The molecule has 0 rings (SSSR count). The van der Waals surface area contributed by atoms with Crippen LogP contribution in [0.15, 0.2) is 0 Å². The normalized spacial score (nSPS) is 11.8. The fraction of sp³-hybridized carbons (Fsp3) is 1.00. The molecular weight excluding hydrogens is 200 g/mol. The van der Waals surface area contributed by atoms with Gasteiger partial charge in [-0.05, 0) is 44.8 Å². The summed E-state index contributed by atoms with van der Waals surface area (Å²) in [5.41, 5.74) is 5.41. The van der Waals surface area contributed by atoms with E-state index in [1.165, 1.54) is 25.7 Å². The molecule has 0 aliphatic rings. The summed E-state index contributed by atoms with van der Waals surface area (Å²) < 4.78 is 0. The van der Waals surface area contributed by atoms with Crippen LogP contribution >= 0.6 is 0 Å². The van der Waals surface area contributed by atoms with Crippen molar-refractivity contribution in [3.8, 4) is 0 Å². The molecule has 0 saturated carbocycles. The first-order valence-electron chi connectivity index (χ1n) is 6.74. The maximum atomic E-state index is 8.33. The second-order valence-corrected chi connectivity index (χ2v) is 4.31. The molecule has 0 bridgehead atoms. The Morgan fingerprint density at radius 3 is 2.25 bits per heavy atom. The van der Waals surface area contributed by atoms with Gasteiger partial charge in [-0.1, -0.05) is 33.6 Å². The van der Waals surface area contributed by atoms with Crippen molar-refractivity contribution in [2.45, 2.75) is 52.9 Å². The van der Waals surface area contributed by atoms with E-state index in [4.69, 9.17) is 10.8 Å². The molecule has 0 spiro atoms. The number of aliphatic hydroxyl groups is 1. The van der Waals surface area contributed by atoms with Crippen LogP contribution in [0.4, 0.5) is 0 Å². The van der Waals surface area contributed by atoms with Crippen LogP contribution < -0.4 is 11.1 Å². The van der Waals surface area contributed by atoms with Gasteiger partial charge in [0.25, 0.3) is 0 Å². The third-order valence-corrected chi connectivity index (χ3v) is 2.39. The number of rotatable bonds is 9. The van der Waals surface area contributed by atoms with E-state index >= 15 is 0 Å². The lowest BCUT2D eigenvalue weighted by Gasteiger charge is -2.04. The summed E-state index contributed by atoms with van der Waals surface area (Å²) >= 11 is 0. The number of hydrogen-bond donors (Lipinski definition) is 3. The minimum absolute atomic E-state index is 0.302. The van der Waals surface area contributed by atoms with Gasteiger partial charge in [0.15, 0.2) is 0 Å². The van der Waals surface area contributed by atoms with Gasteiger partial charge in [-0.25, -0.2) is 0 Å². The van der Waals surface area contributed by atoms with Crippen molar-refractivity contribution in [1.82, 2.24) is 5.32 Å². The van der Waals surface area contributed by atoms with Gasteiger partial charge in [-0.2, -0.15) is 0 Å². The molecular formula is C13H32N2O. The highest BCUT2D eigenvalue weighted by atomic mass is 16.3. The Hall–Kier alpha value is -0.120. The van der Waals surface area contributed by atoms with Gasteiger partial charge in [-0.3, -0.25) is 0 Å². The minimum Gasteiger partial charge on any atom is -0.396 e. The third-order valence-electron chi connectivity index (χ3n) is 2.39. The zero-order valence-corrected chi connectivity index (χ0v) is 11.5. The van der Waals surface area contributed by atoms with Crippen LogP contribution in [0, 0.1) is 5.92 Å². The number of nitrogens with one attached hydrogen (secondary N) is 1. The van der Waals surface area contributed by atoms with Gasteiger partial charge in [0.05, 0.1) is 0 Å². The number of hydrogen-bond acceptors (Lipinski definition) is 3. The maximum Gasteiger partial charge on any atom is 0.0443 e. The quantitative estimate of drug-likeness (QED) is 0.534. The lowest BCUT2D eigenvalue weighted by molar-refractivity contribution is 0.286. The molecule has 1 atom stereocenters. The Kier molecular flexibility index (Phi) is 19.7. The summed E-state index contributed by atoms with van der Waals surface area (Å²) in [6.07, 6.45) is 5.97. The topological polar surface area (TPSA) is 58.3 Å². The van der Waals surface area contributed by atoms with E-state index in [2.05, 4.69) is 26.1 Å². The Morgan fingerprint density at radius 1 is 1.12 bits per heavy atom. The van der Waals surface area contributed by atoms with Crippen LogP contribution in [0.5, 0.6) is 0 Å². The highest BCUT2D eigenvalue weighted by Gasteiger charge is 1.94. The first-order chi connectivity index (χ1) is 7.72. The number of nitrogens with two attached hydrogens (primary N) is 1. The molecule has 0 radical (unpaired) electrons. The van der Waals surface area contributed by atoms with E-state index in [-0.39, 0.29) is 0 Å². The predicted molar refractivity (Wildman–Crippen MR) is 72.6 cm³/mol. The molecule has 0 amide bonds. The summed E-state index contributed by atoms with van der Waals surface area (Å²) in [5, 5.41) is 11.5. The number of unbranched alkanes of at least 4 members (excludes halogenated alkanes) is 1. The van der Waals surface area contributed by atoms with Crippen LogP contribution in [0.25, 0.3) is 0 Å². The van der Waals surface area contributed by atoms with Crippen LogP contribution in [-0.4, -0.2) is 31.3 Å². The van der Waals surface area contributed by atoms with Gasteiger partial charge in [0, 0.05) is 6.61 Å². The van der Waals surface area contributed by atoms with Gasteiger partial charge in [-0.15, -0.1) is 0 Å². The van der Waals surface area contributed by atoms with E-state index in [0.29, 0.717) is 6.61 Å². The minimum atomic E-state index is 0.302. The highest BCUT2D eigenvalue weighted by molar-refractivity contribution is 4.51. The summed E-state index contributed by atoms with van der Waals surface area (Å²) in [4.78, 5) is 0. The standard InChI is InChI=1S/C7H17N.C6H15NO/c1-3-4-5-7(2)6-8;1-2-4-7-5-3-6-8/h7H,3-6,8H2,1-2H3;7-8H,2-6H2,1H3. The van der Waals surface area contributed by atoms with Gasteiger partial charge in [0.1, 0.15) is 0 Å². The number of aliphatic hydroxyl groups excluding tert-OH is 1. The fourth-order valence-electron chi connectivity index (χ4n) is 1.18. The molecule has 0 saturated heterocycles. The van der Waals surface area contributed by atoms with E-state index in [1.54, 1.807) is 0 Å². The van der Waals surface area contributed by atoms with Crippen molar-refractivity contribution in [3.05, 3.63) is 0 Å². The average Bonchev–Trinajstić information content (AvgIpc) is 2.32. The molecule has 0 aromatic carbocycles. The van der Waals surface area contributed by atoms with Gasteiger partial charge in [0.2, 0.25) is 0 Å². The molecule has 0 aromatic rings. The smallest absolute Gasteiger partial charge is 0.0443 e. The van der Waals surface area contributed by atoms with Crippen LogP contribution in [0.1, 0.15) is 52.9 Å². The summed E-state index contributed by atoms with van der Waals surface area (Å²) in [6, 6.07) is 0. The van der Waals surface area contributed by atoms with Crippen molar-refractivity contribution in [3.63, 3.8) is 0 Å². The lowest BCUT2D eigenvalue weighted by Crippen LogP contribution is -2.16. The van der Waals surface area contributed by atoms with E-state index < -0.39 is 0 Å². The molecule has 0 aromatic heterocycles. The molecule has 100 valence electrons. The van der Waals surface area contributed by atoms with Crippen molar-refractivity contribution in [2.75, 3.05) is 26.2 Å². The second-order valence-electron chi connectivity index (χ2n) is 4.31. The van der Waals surface area contributed by atoms with Crippen LogP contribution in [0.3, 0.4) is 0 Å². The van der Waals surface area contributed by atoms with E-state index in [0.717, 1.165) is 32.0 Å². The first kappa shape index (κ1) is 18.3. The van der Waals surface area contributed by atoms with Crippen molar-refractivity contribution in [2.24, 2.45) is 11.7 Å². The fourth-order valence-corrected chi connectivity index (χ4v) is 1.18. The Morgan fingerprint density at radius 2 is 1.81 bits per heavy atom. The monoisotopic (exact) mass is 232 g/mol. The predicted octanol–water partition coefficient (Wildman–Crippen LogP) is 2.14. The Bertz CT molecular complexity index is 104. The molecule has 0 fully saturated rings. The molecule has 1 unspecified atom stereocenters. The first-order valence-corrected chi connectivity index (χ1v) is 6.74. The largest absolute Gasteiger partial charge is 0.396 e. The molecule has 3 heteroatoms. The summed E-state index contributed by atoms with van der Waals surface area (Å²) in [7, 11) is 0. The van der Waals surface area contributed by atoms with Crippen molar-refractivity contribution >= 4 is 0 Å². The SMILES string of the molecule is CCCCC(C)CN.CCCNCCCO. The Labute approximate surface area is 102 Å². The molecule has 16 heavy (non-hydrogen) atoms. The molecule has 0 aliphatic heterocycles. The molecule has 4 N–H and O–H groups in total. The Balaban J connectivity index is 0. The summed E-state index contributed by atoms with van der Waals surface area (Å²) in [5.74, 6) is 0.731. The van der Waals surface area contributed by atoms with Crippen molar-refractivity contribution in [1.29, 1.82) is 0 Å². The van der Waals surface area contributed by atoms with E-state index in [9.17, 15) is 0 Å². The van der Waals surface area contributed by atoms with Gasteiger partial charge < -0.3 is 16.2 Å². The van der Waals surface area contributed by atoms with Gasteiger partial charge >= 0.3 is 0 Å². The van der Waals surface area contributed by atoms with Crippen LogP contribution in [0.2, 0.25) is 0 Å². The lowest BCUT2D eigenvalue weighted by atomic mass is 10.1. The summed E-state index contributed by atoms with van der Waals surface area (Å²) in [6.45, 7) is 9.71. The molecule has 0 aliphatic carbocycles. The maximum absolute atomic E-state index is 8.33. The van der Waals surface area contributed by atoms with E-state index in [1.807, 2.05) is 0 Å². The zero-order valence-electron chi connectivity index (χ0n) is 11.5. The molecule has 3 nitrogen and oxygen atoms in total.